The molecular weight excluding hydrogens is 288 g/mol. The largest absolute Gasteiger partial charge is 0.394 e. The Morgan fingerprint density at radius 3 is 3.29 bits per heavy atom. The molecule has 1 N–H and O–H groups in total. The third-order valence-corrected chi connectivity index (χ3v) is 4.48. The van der Waals surface area contributed by atoms with Crippen LogP contribution in [0, 0.1) is 0 Å². The van der Waals surface area contributed by atoms with Gasteiger partial charge in [-0.15, -0.1) is 11.3 Å². The first-order valence-electron chi connectivity index (χ1n) is 7.13. The van der Waals surface area contributed by atoms with Gasteiger partial charge in [0.2, 0.25) is 0 Å². The minimum Gasteiger partial charge on any atom is -0.394 e. The fourth-order valence-corrected chi connectivity index (χ4v) is 3.37. The topological polar surface area (TPSA) is 62.7 Å². The van der Waals surface area contributed by atoms with Gasteiger partial charge in [0.1, 0.15) is 0 Å². The van der Waals surface area contributed by atoms with Crippen molar-refractivity contribution >= 4 is 27.5 Å². The van der Waals surface area contributed by atoms with Gasteiger partial charge in [-0.3, -0.25) is 4.79 Å². The maximum Gasteiger partial charge on any atom is 0.253 e. The lowest BCUT2D eigenvalue weighted by atomic mass is 10.1. The van der Waals surface area contributed by atoms with E-state index in [1.807, 2.05) is 23.1 Å². The minimum atomic E-state index is 0.0203. The van der Waals surface area contributed by atoms with Gasteiger partial charge in [0, 0.05) is 18.7 Å². The van der Waals surface area contributed by atoms with E-state index in [1.54, 1.807) is 16.8 Å². The lowest BCUT2D eigenvalue weighted by Gasteiger charge is -2.32. The van der Waals surface area contributed by atoms with E-state index >= 15 is 0 Å². The molecule has 2 aromatic rings. The highest BCUT2D eigenvalue weighted by atomic mass is 32.1. The zero-order valence-electron chi connectivity index (χ0n) is 11.7. The number of benzene rings is 1. The van der Waals surface area contributed by atoms with Crippen LogP contribution in [-0.4, -0.2) is 53.3 Å². The number of carbonyl (C=O) groups excluding carboxylic acids is 1. The Kier molecular flexibility index (Phi) is 4.48. The van der Waals surface area contributed by atoms with Crippen molar-refractivity contribution < 1.29 is 14.6 Å². The molecule has 0 saturated carbocycles. The molecule has 1 aliphatic heterocycles. The fourth-order valence-electron chi connectivity index (χ4n) is 2.65. The van der Waals surface area contributed by atoms with E-state index in [1.165, 1.54) is 0 Å². The van der Waals surface area contributed by atoms with Gasteiger partial charge in [-0.25, -0.2) is 4.98 Å². The SMILES string of the molecule is O=C(c1ccc2ncsc2c1)N1CCCC(OCCO)C1. The van der Waals surface area contributed by atoms with Gasteiger partial charge < -0.3 is 14.7 Å². The van der Waals surface area contributed by atoms with Gasteiger partial charge in [0.05, 0.1) is 35.0 Å². The lowest BCUT2D eigenvalue weighted by molar-refractivity contribution is -0.0110. The van der Waals surface area contributed by atoms with Crippen molar-refractivity contribution in [3.8, 4) is 0 Å². The number of rotatable bonds is 4. The van der Waals surface area contributed by atoms with Crippen LogP contribution in [0.3, 0.4) is 0 Å². The zero-order valence-corrected chi connectivity index (χ0v) is 12.5. The number of nitrogens with zero attached hydrogens (tertiary/aromatic N) is 2. The summed E-state index contributed by atoms with van der Waals surface area (Å²) in [6.45, 7) is 1.71. The quantitative estimate of drug-likeness (QED) is 0.937. The standard InChI is InChI=1S/C15H18N2O3S/c18-6-7-20-12-2-1-5-17(9-12)15(19)11-3-4-13-14(8-11)21-10-16-13/h3-4,8,10,12,18H,1-2,5-7,9H2. The molecule has 1 aromatic heterocycles. The average molecular weight is 306 g/mol. The van der Waals surface area contributed by atoms with E-state index in [0.29, 0.717) is 18.7 Å². The molecule has 5 nitrogen and oxygen atoms in total. The van der Waals surface area contributed by atoms with Gasteiger partial charge in [-0.2, -0.15) is 0 Å². The van der Waals surface area contributed by atoms with Crippen LogP contribution in [0.5, 0.6) is 0 Å². The number of aliphatic hydroxyl groups excluding tert-OH is 1. The number of piperidine rings is 1. The molecule has 0 bridgehead atoms. The first-order chi connectivity index (χ1) is 10.3. The molecule has 1 saturated heterocycles. The Bertz CT molecular complexity index is 628. The third-order valence-electron chi connectivity index (χ3n) is 3.69. The third kappa shape index (κ3) is 3.23. The molecule has 1 aromatic carbocycles. The van der Waals surface area contributed by atoms with E-state index in [2.05, 4.69) is 4.98 Å². The Morgan fingerprint density at radius 2 is 2.43 bits per heavy atom. The molecule has 0 radical (unpaired) electrons. The Labute approximate surface area is 127 Å². The molecular formula is C15H18N2O3S. The number of aromatic nitrogens is 1. The number of amides is 1. The van der Waals surface area contributed by atoms with Crippen molar-refractivity contribution in [1.29, 1.82) is 0 Å². The van der Waals surface area contributed by atoms with Crippen LogP contribution in [0.1, 0.15) is 23.2 Å². The van der Waals surface area contributed by atoms with Crippen LogP contribution in [0.15, 0.2) is 23.7 Å². The number of aliphatic hydroxyl groups is 1. The van der Waals surface area contributed by atoms with Gasteiger partial charge >= 0.3 is 0 Å². The maximum absolute atomic E-state index is 12.6. The van der Waals surface area contributed by atoms with E-state index in [9.17, 15) is 4.79 Å². The molecule has 2 heterocycles. The number of likely N-dealkylation sites (tertiary alicyclic amines) is 1. The van der Waals surface area contributed by atoms with E-state index < -0.39 is 0 Å². The van der Waals surface area contributed by atoms with Gasteiger partial charge in [0.25, 0.3) is 5.91 Å². The number of thiazole rings is 1. The van der Waals surface area contributed by atoms with E-state index in [4.69, 9.17) is 9.84 Å². The van der Waals surface area contributed by atoms with Crippen molar-refractivity contribution in [2.45, 2.75) is 18.9 Å². The smallest absolute Gasteiger partial charge is 0.253 e. The molecule has 0 aliphatic carbocycles. The Balaban J connectivity index is 1.71. The minimum absolute atomic E-state index is 0.0203. The van der Waals surface area contributed by atoms with Gasteiger partial charge in [-0.1, -0.05) is 0 Å². The second kappa shape index (κ2) is 6.51. The molecule has 1 amide bonds. The average Bonchev–Trinajstić information content (AvgIpc) is 3.00. The van der Waals surface area contributed by atoms with Crippen LogP contribution >= 0.6 is 11.3 Å². The summed E-state index contributed by atoms with van der Waals surface area (Å²) < 4.78 is 6.59. The summed E-state index contributed by atoms with van der Waals surface area (Å²) in [7, 11) is 0. The molecule has 112 valence electrons. The fraction of sp³-hybridized carbons (Fsp3) is 0.467. The molecule has 21 heavy (non-hydrogen) atoms. The lowest BCUT2D eigenvalue weighted by Crippen LogP contribution is -2.43. The van der Waals surface area contributed by atoms with Crippen LogP contribution < -0.4 is 0 Å². The second-order valence-electron chi connectivity index (χ2n) is 5.14. The number of fused-ring (bicyclic) bond motifs is 1. The highest BCUT2D eigenvalue weighted by molar-refractivity contribution is 7.16. The summed E-state index contributed by atoms with van der Waals surface area (Å²) in [6.07, 6.45) is 1.91. The summed E-state index contributed by atoms with van der Waals surface area (Å²) in [5.74, 6) is 0.0441. The molecule has 6 heteroatoms. The maximum atomic E-state index is 12.6. The molecule has 1 aliphatic rings. The van der Waals surface area contributed by atoms with E-state index in [-0.39, 0.29) is 18.6 Å². The monoisotopic (exact) mass is 306 g/mol. The highest BCUT2D eigenvalue weighted by Crippen LogP contribution is 2.21. The normalized spacial score (nSPS) is 19.1. The number of hydrogen-bond acceptors (Lipinski definition) is 5. The van der Waals surface area contributed by atoms with Gasteiger partial charge in [-0.05, 0) is 31.0 Å². The Hall–Kier alpha value is -1.50. The zero-order chi connectivity index (χ0) is 14.7. The molecule has 0 spiro atoms. The van der Waals surface area contributed by atoms with Crippen LogP contribution in [0.25, 0.3) is 10.2 Å². The summed E-state index contributed by atoms with van der Waals surface area (Å²) >= 11 is 1.54. The van der Waals surface area contributed by atoms with Crippen molar-refractivity contribution in [2.24, 2.45) is 0 Å². The summed E-state index contributed by atoms with van der Waals surface area (Å²) in [5, 5.41) is 8.82. The van der Waals surface area contributed by atoms with Crippen molar-refractivity contribution in [1.82, 2.24) is 9.88 Å². The summed E-state index contributed by atoms with van der Waals surface area (Å²) in [6, 6.07) is 5.64. The number of ether oxygens (including phenoxy) is 1. The summed E-state index contributed by atoms with van der Waals surface area (Å²) in [4.78, 5) is 18.7. The molecule has 1 atom stereocenters. The molecule has 3 rings (SSSR count). The predicted octanol–water partition coefficient (Wildman–Crippen LogP) is 1.91. The van der Waals surface area contributed by atoms with Gasteiger partial charge in [0.15, 0.2) is 0 Å². The molecule has 1 unspecified atom stereocenters. The van der Waals surface area contributed by atoms with Crippen molar-refractivity contribution in [3.63, 3.8) is 0 Å². The molecule has 1 fully saturated rings. The van der Waals surface area contributed by atoms with Crippen LogP contribution in [0.4, 0.5) is 0 Å². The summed E-state index contributed by atoms with van der Waals surface area (Å²) in [5.41, 5.74) is 3.42. The van der Waals surface area contributed by atoms with Crippen LogP contribution in [0.2, 0.25) is 0 Å². The first kappa shape index (κ1) is 14.4. The van der Waals surface area contributed by atoms with Crippen LogP contribution in [-0.2, 0) is 4.74 Å². The predicted molar refractivity (Wildman–Crippen MR) is 81.6 cm³/mol. The number of hydrogen-bond donors (Lipinski definition) is 1. The van der Waals surface area contributed by atoms with E-state index in [0.717, 1.165) is 29.6 Å². The Morgan fingerprint density at radius 1 is 1.52 bits per heavy atom. The highest BCUT2D eigenvalue weighted by Gasteiger charge is 2.25. The van der Waals surface area contributed by atoms with Crippen molar-refractivity contribution in [3.05, 3.63) is 29.3 Å². The second-order valence-corrected chi connectivity index (χ2v) is 6.03. The van der Waals surface area contributed by atoms with Crippen molar-refractivity contribution in [2.75, 3.05) is 26.3 Å². The first-order valence-corrected chi connectivity index (χ1v) is 8.01. The number of carbonyl (C=O) groups is 1.